The SMILES string of the molecule is COc1ccc2c(=O)c(O)c(-c3cc4ccc(N(C)C)cc4o3)oc2c1. The second kappa shape index (κ2) is 5.84. The van der Waals surface area contributed by atoms with E-state index in [-0.39, 0.29) is 16.9 Å². The second-order valence-corrected chi connectivity index (χ2v) is 6.20. The molecule has 1 N–H and O–H groups in total. The van der Waals surface area contributed by atoms with E-state index >= 15 is 0 Å². The van der Waals surface area contributed by atoms with Gasteiger partial charge in [-0.15, -0.1) is 0 Å². The molecule has 0 aliphatic rings. The molecule has 0 saturated carbocycles. The number of aromatic hydroxyl groups is 1. The lowest BCUT2D eigenvalue weighted by molar-refractivity contribution is 0.413. The summed E-state index contributed by atoms with van der Waals surface area (Å²) in [5.41, 5.74) is 1.42. The molecule has 0 spiro atoms. The second-order valence-electron chi connectivity index (χ2n) is 6.20. The molecule has 0 radical (unpaired) electrons. The number of furan rings is 1. The molecule has 2 heterocycles. The normalized spacial score (nSPS) is 11.2. The first-order valence-corrected chi connectivity index (χ1v) is 8.03. The van der Waals surface area contributed by atoms with Crippen LogP contribution in [0.5, 0.6) is 11.5 Å². The minimum absolute atomic E-state index is 0.00152. The molecule has 4 rings (SSSR count). The van der Waals surface area contributed by atoms with E-state index in [9.17, 15) is 9.90 Å². The molecule has 0 saturated heterocycles. The number of nitrogens with zero attached hydrogens (tertiary/aromatic N) is 1. The number of benzene rings is 2. The summed E-state index contributed by atoms with van der Waals surface area (Å²) in [6.45, 7) is 0. The van der Waals surface area contributed by atoms with Crippen molar-refractivity contribution < 1.29 is 18.7 Å². The Morgan fingerprint density at radius 1 is 1.00 bits per heavy atom. The molecule has 4 aromatic rings. The topological polar surface area (TPSA) is 76.1 Å². The van der Waals surface area contributed by atoms with Gasteiger partial charge in [-0.05, 0) is 30.3 Å². The van der Waals surface area contributed by atoms with Crippen LogP contribution in [0.2, 0.25) is 0 Å². The number of fused-ring (bicyclic) bond motifs is 2. The summed E-state index contributed by atoms with van der Waals surface area (Å²) in [4.78, 5) is 14.4. The number of hydrogen-bond donors (Lipinski definition) is 1. The predicted octanol–water partition coefficient (Wildman–Crippen LogP) is 3.99. The molecule has 0 aliphatic heterocycles. The summed E-state index contributed by atoms with van der Waals surface area (Å²) in [5, 5.41) is 11.5. The predicted molar refractivity (Wildman–Crippen MR) is 100 cm³/mol. The summed E-state index contributed by atoms with van der Waals surface area (Å²) in [7, 11) is 5.40. The minimum Gasteiger partial charge on any atom is -0.501 e. The first kappa shape index (κ1) is 16.1. The van der Waals surface area contributed by atoms with Gasteiger partial charge in [-0.25, -0.2) is 0 Å². The number of anilines is 1. The van der Waals surface area contributed by atoms with Crippen LogP contribution in [0.15, 0.2) is 56.1 Å². The molecule has 0 atom stereocenters. The van der Waals surface area contributed by atoms with Crippen molar-refractivity contribution in [2.24, 2.45) is 0 Å². The van der Waals surface area contributed by atoms with Crippen LogP contribution in [0.3, 0.4) is 0 Å². The van der Waals surface area contributed by atoms with Crippen molar-refractivity contribution >= 4 is 27.6 Å². The Labute approximate surface area is 148 Å². The average Bonchev–Trinajstić information content (AvgIpc) is 3.07. The lowest BCUT2D eigenvalue weighted by Crippen LogP contribution is -2.07. The van der Waals surface area contributed by atoms with Crippen molar-refractivity contribution in [2.45, 2.75) is 0 Å². The number of methoxy groups -OCH3 is 1. The van der Waals surface area contributed by atoms with Gasteiger partial charge in [-0.3, -0.25) is 4.79 Å². The molecule has 26 heavy (non-hydrogen) atoms. The molecule has 0 amide bonds. The molecule has 6 heteroatoms. The van der Waals surface area contributed by atoms with E-state index in [1.807, 2.05) is 37.2 Å². The van der Waals surface area contributed by atoms with E-state index in [1.54, 1.807) is 24.3 Å². The maximum atomic E-state index is 12.5. The number of hydrogen-bond acceptors (Lipinski definition) is 6. The summed E-state index contributed by atoms with van der Waals surface area (Å²) in [6, 6.07) is 12.3. The standard InChI is InChI=1S/C20H17NO5/c1-21(2)12-5-4-11-8-17(25-15(11)9-12)20-19(23)18(22)14-7-6-13(24-3)10-16(14)26-20/h4-10,23H,1-3H3. The molecule has 2 aromatic carbocycles. The fourth-order valence-corrected chi connectivity index (χ4v) is 2.87. The Kier molecular flexibility index (Phi) is 3.61. The van der Waals surface area contributed by atoms with Crippen LogP contribution in [-0.2, 0) is 0 Å². The highest BCUT2D eigenvalue weighted by molar-refractivity contribution is 5.87. The quantitative estimate of drug-likeness (QED) is 0.601. The van der Waals surface area contributed by atoms with Crippen molar-refractivity contribution in [1.29, 1.82) is 0 Å². The van der Waals surface area contributed by atoms with Gasteiger partial charge < -0.3 is 23.6 Å². The van der Waals surface area contributed by atoms with Crippen molar-refractivity contribution in [1.82, 2.24) is 0 Å². The van der Waals surface area contributed by atoms with Crippen LogP contribution in [0.1, 0.15) is 0 Å². The van der Waals surface area contributed by atoms with Crippen LogP contribution >= 0.6 is 0 Å². The Balaban J connectivity index is 1.94. The van der Waals surface area contributed by atoms with Gasteiger partial charge >= 0.3 is 0 Å². The highest BCUT2D eigenvalue weighted by Crippen LogP contribution is 2.35. The van der Waals surface area contributed by atoms with Gasteiger partial charge in [0.25, 0.3) is 0 Å². The molecule has 0 unspecified atom stereocenters. The van der Waals surface area contributed by atoms with Gasteiger partial charge in [0, 0.05) is 37.3 Å². The Bertz CT molecular complexity index is 1190. The highest BCUT2D eigenvalue weighted by Gasteiger charge is 2.19. The van der Waals surface area contributed by atoms with E-state index in [0.717, 1.165) is 11.1 Å². The molecule has 0 bridgehead atoms. The molecule has 0 aliphatic carbocycles. The third-order valence-electron chi connectivity index (χ3n) is 4.32. The van der Waals surface area contributed by atoms with Crippen LogP contribution in [0, 0.1) is 0 Å². The summed E-state index contributed by atoms with van der Waals surface area (Å²) in [5.74, 6) is 0.362. The lowest BCUT2D eigenvalue weighted by atomic mass is 10.1. The summed E-state index contributed by atoms with van der Waals surface area (Å²) < 4.78 is 16.8. The lowest BCUT2D eigenvalue weighted by Gasteiger charge is -2.11. The van der Waals surface area contributed by atoms with Crippen LogP contribution < -0.4 is 15.1 Å². The molecule has 132 valence electrons. The Morgan fingerprint density at radius 2 is 1.81 bits per heavy atom. The molecule has 2 aromatic heterocycles. The Morgan fingerprint density at radius 3 is 2.54 bits per heavy atom. The first-order valence-electron chi connectivity index (χ1n) is 8.03. The minimum atomic E-state index is -0.515. The van der Waals surface area contributed by atoms with Gasteiger partial charge in [0.15, 0.2) is 5.76 Å². The number of rotatable bonds is 3. The zero-order valence-electron chi connectivity index (χ0n) is 14.6. The number of ether oxygens (including phenoxy) is 1. The third-order valence-corrected chi connectivity index (χ3v) is 4.32. The maximum absolute atomic E-state index is 12.5. The van der Waals surface area contributed by atoms with Crippen molar-refractivity contribution in [2.75, 3.05) is 26.1 Å². The maximum Gasteiger partial charge on any atom is 0.235 e. The highest BCUT2D eigenvalue weighted by atomic mass is 16.5. The van der Waals surface area contributed by atoms with Gasteiger partial charge in [0.05, 0.1) is 12.5 Å². The fourth-order valence-electron chi connectivity index (χ4n) is 2.87. The van der Waals surface area contributed by atoms with E-state index in [2.05, 4.69) is 0 Å². The van der Waals surface area contributed by atoms with Gasteiger partial charge in [0.2, 0.25) is 16.9 Å². The van der Waals surface area contributed by atoms with E-state index in [0.29, 0.717) is 16.9 Å². The third kappa shape index (κ3) is 2.47. The molecule has 0 fully saturated rings. The van der Waals surface area contributed by atoms with Gasteiger partial charge in [-0.2, -0.15) is 0 Å². The summed E-state index contributed by atoms with van der Waals surface area (Å²) in [6.07, 6.45) is 0. The zero-order valence-corrected chi connectivity index (χ0v) is 14.6. The van der Waals surface area contributed by atoms with Crippen LogP contribution in [0.4, 0.5) is 5.69 Å². The zero-order chi connectivity index (χ0) is 18.4. The van der Waals surface area contributed by atoms with E-state index in [1.165, 1.54) is 7.11 Å². The first-order chi connectivity index (χ1) is 12.5. The van der Waals surface area contributed by atoms with Crippen molar-refractivity contribution in [3.8, 4) is 23.0 Å². The van der Waals surface area contributed by atoms with Gasteiger partial charge in [-0.1, -0.05) is 0 Å². The fraction of sp³-hybridized carbons (Fsp3) is 0.150. The van der Waals surface area contributed by atoms with E-state index in [4.69, 9.17) is 13.6 Å². The van der Waals surface area contributed by atoms with Crippen LogP contribution in [-0.4, -0.2) is 26.3 Å². The van der Waals surface area contributed by atoms with E-state index < -0.39 is 11.2 Å². The average molecular weight is 351 g/mol. The monoisotopic (exact) mass is 351 g/mol. The van der Waals surface area contributed by atoms with Crippen molar-refractivity contribution in [3.63, 3.8) is 0 Å². The largest absolute Gasteiger partial charge is 0.501 e. The van der Waals surface area contributed by atoms with Gasteiger partial charge in [0.1, 0.15) is 16.9 Å². The summed E-state index contributed by atoms with van der Waals surface area (Å²) >= 11 is 0. The van der Waals surface area contributed by atoms with Crippen LogP contribution in [0.25, 0.3) is 33.5 Å². The molecule has 6 nitrogen and oxygen atoms in total. The Hall–Kier alpha value is -3.41. The van der Waals surface area contributed by atoms with Crippen molar-refractivity contribution in [3.05, 3.63) is 52.7 Å². The molecular weight excluding hydrogens is 334 g/mol. The smallest absolute Gasteiger partial charge is 0.235 e. The molecular formula is C20H17NO5.